The molecule has 0 unspecified atom stereocenters. The lowest BCUT2D eigenvalue weighted by molar-refractivity contribution is -0.924. The van der Waals surface area contributed by atoms with Crippen LogP contribution in [0.3, 0.4) is 0 Å². The predicted molar refractivity (Wildman–Crippen MR) is 120 cm³/mol. The van der Waals surface area contributed by atoms with Crippen LogP contribution in [0.25, 0.3) is 11.5 Å². The molecule has 0 spiro atoms. The van der Waals surface area contributed by atoms with Crippen molar-refractivity contribution in [3.63, 3.8) is 0 Å². The van der Waals surface area contributed by atoms with Crippen LogP contribution >= 0.6 is 12.2 Å². The average molecular weight is 424 g/mol. The summed E-state index contributed by atoms with van der Waals surface area (Å²) in [7, 11) is 0. The fourth-order valence-electron chi connectivity index (χ4n) is 3.76. The summed E-state index contributed by atoms with van der Waals surface area (Å²) in [6.45, 7) is 10.3. The van der Waals surface area contributed by atoms with Crippen molar-refractivity contribution < 1.29 is 14.1 Å². The Morgan fingerprint density at radius 1 is 1.10 bits per heavy atom. The first-order valence-electron chi connectivity index (χ1n) is 10.3. The van der Waals surface area contributed by atoms with Crippen molar-refractivity contribution in [3.8, 4) is 11.5 Å². The van der Waals surface area contributed by atoms with Crippen molar-refractivity contribution in [1.82, 2.24) is 9.78 Å². The Kier molecular flexibility index (Phi) is 5.83. The maximum absolute atomic E-state index is 11.5. The zero-order valence-electron chi connectivity index (χ0n) is 17.6. The van der Waals surface area contributed by atoms with Gasteiger partial charge in [0, 0.05) is 16.8 Å². The predicted octanol–water partition coefficient (Wildman–Crippen LogP) is 3.05. The second-order valence-electron chi connectivity index (χ2n) is 7.97. The number of benzene rings is 2. The van der Waals surface area contributed by atoms with Crippen molar-refractivity contribution in [2.75, 3.05) is 31.1 Å². The first-order chi connectivity index (χ1) is 14.4. The molecule has 0 saturated carbocycles. The third-order valence-corrected chi connectivity index (χ3v) is 6.14. The van der Waals surface area contributed by atoms with E-state index >= 15 is 0 Å². The molecule has 2 heterocycles. The van der Waals surface area contributed by atoms with E-state index in [1.807, 2.05) is 30.3 Å². The Labute approximate surface area is 181 Å². The molecule has 1 aromatic heterocycles. The number of nitrogens with zero attached hydrogens (tertiary/aromatic N) is 3. The smallest absolute Gasteiger partial charge is 0.292 e. The minimum Gasteiger partial charge on any atom is -0.409 e. The minimum atomic E-state index is 0.0975. The molecule has 3 aromatic rings. The number of hydrogen-bond acceptors (Lipinski definition) is 5. The molecule has 0 radical (unpaired) electrons. The van der Waals surface area contributed by atoms with Gasteiger partial charge in [-0.2, -0.15) is 4.68 Å². The number of piperazine rings is 1. The highest BCUT2D eigenvalue weighted by molar-refractivity contribution is 7.71. The number of hydrogen-bond donors (Lipinski definition) is 1. The first kappa shape index (κ1) is 20.5. The van der Waals surface area contributed by atoms with Gasteiger partial charge >= 0.3 is 0 Å². The standard InChI is InChI=1S/C23H26N4O2S/c1-16-4-5-20(14-17(16)2)22-24-27(23(30)29-22)15-25-10-12-26(13-11-25)21-8-6-19(7-9-21)18(3)28/h4-9,14H,10-13,15H2,1-3H3/p+1. The van der Waals surface area contributed by atoms with Crippen LogP contribution in [-0.2, 0) is 6.67 Å². The average Bonchev–Trinajstić information content (AvgIpc) is 3.11. The molecule has 156 valence electrons. The molecule has 4 rings (SSSR count). The van der Waals surface area contributed by atoms with Crippen molar-refractivity contribution >= 4 is 23.7 Å². The second-order valence-corrected chi connectivity index (χ2v) is 8.32. The van der Waals surface area contributed by atoms with Crippen molar-refractivity contribution in [2.24, 2.45) is 0 Å². The molecular formula is C23H27N4O2S+. The van der Waals surface area contributed by atoms with Gasteiger partial charge < -0.3 is 14.2 Å². The van der Waals surface area contributed by atoms with E-state index in [2.05, 4.69) is 36.0 Å². The maximum Gasteiger partial charge on any atom is 0.292 e. The Hall–Kier alpha value is -2.77. The van der Waals surface area contributed by atoms with Crippen LogP contribution in [0.4, 0.5) is 5.69 Å². The summed E-state index contributed by atoms with van der Waals surface area (Å²) in [6.07, 6.45) is 0. The molecule has 7 heteroatoms. The van der Waals surface area contributed by atoms with Gasteiger partial charge in [0.1, 0.15) is 0 Å². The first-order valence-corrected chi connectivity index (χ1v) is 10.7. The number of carbonyl (C=O) groups is 1. The number of rotatable bonds is 5. The van der Waals surface area contributed by atoms with Gasteiger partial charge in [-0.05, 0) is 80.5 Å². The molecule has 0 amide bonds. The van der Waals surface area contributed by atoms with Gasteiger partial charge in [0.05, 0.1) is 26.2 Å². The normalized spacial score (nSPS) is 14.8. The van der Waals surface area contributed by atoms with E-state index in [0.29, 0.717) is 17.4 Å². The topological polar surface area (TPSA) is 55.7 Å². The monoisotopic (exact) mass is 423 g/mol. The summed E-state index contributed by atoms with van der Waals surface area (Å²) in [4.78, 5) is 15.7. The summed E-state index contributed by atoms with van der Waals surface area (Å²) in [5.74, 6) is 0.673. The van der Waals surface area contributed by atoms with Crippen LogP contribution in [0.1, 0.15) is 28.4 Å². The summed E-state index contributed by atoms with van der Waals surface area (Å²) in [6, 6.07) is 14.1. The molecule has 1 aliphatic heterocycles. The van der Waals surface area contributed by atoms with Crippen LogP contribution in [-0.4, -0.2) is 41.7 Å². The molecule has 1 fully saturated rings. The number of aryl methyl sites for hydroxylation is 2. The Morgan fingerprint density at radius 3 is 2.43 bits per heavy atom. The van der Waals surface area contributed by atoms with E-state index in [1.165, 1.54) is 16.0 Å². The molecule has 0 atom stereocenters. The Bertz CT molecular complexity index is 1110. The van der Waals surface area contributed by atoms with Gasteiger partial charge in [0.2, 0.25) is 5.89 Å². The molecule has 0 aliphatic carbocycles. The Morgan fingerprint density at radius 2 is 1.80 bits per heavy atom. The third-order valence-electron chi connectivity index (χ3n) is 5.84. The van der Waals surface area contributed by atoms with Gasteiger partial charge in [-0.1, -0.05) is 6.07 Å². The molecular weight excluding hydrogens is 396 g/mol. The van der Waals surface area contributed by atoms with E-state index in [-0.39, 0.29) is 5.78 Å². The maximum atomic E-state index is 11.5. The zero-order chi connectivity index (χ0) is 21.3. The van der Waals surface area contributed by atoms with Crippen molar-refractivity contribution in [2.45, 2.75) is 27.4 Å². The molecule has 30 heavy (non-hydrogen) atoms. The number of carbonyl (C=O) groups excluding carboxylic acids is 1. The minimum absolute atomic E-state index is 0.0975. The molecule has 0 bridgehead atoms. The van der Waals surface area contributed by atoms with Crippen LogP contribution in [0.2, 0.25) is 0 Å². The third kappa shape index (κ3) is 4.37. The zero-order valence-corrected chi connectivity index (χ0v) is 18.5. The van der Waals surface area contributed by atoms with Crippen molar-refractivity contribution in [3.05, 3.63) is 64.0 Å². The summed E-state index contributed by atoms with van der Waals surface area (Å²) in [5, 5.41) is 4.63. The van der Waals surface area contributed by atoms with E-state index < -0.39 is 0 Å². The molecule has 2 aromatic carbocycles. The van der Waals surface area contributed by atoms with Gasteiger partial charge in [0.15, 0.2) is 12.5 Å². The molecule has 1 N–H and O–H groups in total. The fourth-order valence-corrected chi connectivity index (χ4v) is 3.94. The van der Waals surface area contributed by atoms with Crippen LogP contribution < -0.4 is 9.80 Å². The molecule has 1 saturated heterocycles. The van der Waals surface area contributed by atoms with Crippen LogP contribution in [0.5, 0.6) is 0 Å². The van der Waals surface area contributed by atoms with Gasteiger partial charge in [0.25, 0.3) is 4.84 Å². The largest absolute Gasteiger partial charge is 0.409 e. The summed E-state index contributed by atoms with van der Waals surface area (Å²) >= 11 is 5.42. The fraction of sp³-hybridized carbons (Fsp3) is 0.348. The quantitative estimate of drug-likeness (QED) is 0.505. The SMILES string of the molecule is CC(=O)c1ccc(N2CC[NH+](Cn3nc(-c4ccc(C)c(C)c4)oc3=S)CC2)cc1. The molecule has 6 nitrogen and oxygen atoms in total. The van der Waals surface area contributed by atoms with E-state index in [4.69, 9.17) is 16.6 Å². The number of anilines is 1. The highest BCUT2D eigenvalue weighted by Crippen LogP contribution is 2.21. The van der Waals surface area contributed by atoms with Gasteiger partial charge in [-0.3, -0.25) is 4.79 Å². The van der Waals surface area contributed by atoms with Gasteiger partial charge in [-0.15, -0.1) is 5.10 Å². The van der Waals surface area contributed by atoms with E-state index in [9.17, 15) is 4.79 Å². The number of quaternary nitrogens is 1. The van der Waals surface area contributed by atoms with Crippen molar-refractivity contribution in [1.29, 1.82) is 0 Å². The second kappa shape index (κ2) is 8.53. The number of aromatic nitrogens is 2. The number of Topliss-reactive ketones (excluding diaryl/α,β-unsaturated/α-hetero) is 1. The Balaban J connectivity index is 1.39. The van der Waals surface area contributed by atoms with Crippen LogP contribution in [0.15, 0.2) is 46.9 Å². The highest BCUT2D eigenvalue weighted by atomic mass is 32.1. The lowest BCUT2D eigenvalue weighted by Crippen LogP contribution is -3.14. The van der Waals surface area contributed by atoms with Crippen LogP contribution in [0, 0.1) is 18.7 Å². The van der Waals surface area contributed by atoms with Gasteiger partial charge in [-0.25, -0.2) is 0 Å². The lowest BCUT2D eigenvalue weighted by atomic mass is 10.1. The van der Waals surface area contributed by atoms with E-state index in [0.717, 1.165) is 43.0 Å². The molecule has 1 aliphatic rings. The lowest BCUT2D eigenvalue weighted by Gasteiger charge is -2.33. The highest BCUT2D eigenvalue weighted by Gasteiger charge is 2.22. The number of nitrogens with one attached hydrogen (secondary N) is 1. The number of ketones is 1. The summed E-state index contributed by atoms with van der Waals surface area (Å²) in [5.41, 5.74) is 5.32. The van der Waals surface area contributed by atoms with E-state index in [1.54, 1.807) is 11.6 Å². The summed E-state index contributed by atoms with van der Waals surface area (Å²) < 4.78 is 7.57.